The summed E-state index contributed by atoms with van der Waals surface area (Å²) >= 11 is 1.94. The van der Waals surface area contributed by atoms with Crippen molar-refractivity contribution in [2.24, 2.45) is 7.05 Å². The van der Waals surface area contributed by atoms with Crippen LogP contribution < -0.4 is 10.2 Å². The second kappa shape index (κ2) is 9.26. The van der Waals surface area contributed by atoms with Gasteiger partial charge >= 0.3 is 0 Å². The van der Waals surface area contributed by atoms with Crippen LogP contribution in [0.3, 0.4) is 0 Å². The highest BCUT2D eigenvalue weighted by atomic mass is 32.2. The van der Waals surface area contributed by atoms with Crippen LogP contribution in [0.1, 0.15) is 31.4 Å². The summed E-state index contributed by atoms with van der Waals surface area (Å²) in [6, 6.07) is 0. The van der Waals surface area contributed by atoms with Crippen LogP contribution in [0.5, 0.6) is 0 Å². The molecular weight excluding hydrogens is 256 g/mol. The summed E-state index contributed by atoms with van der Waals surface area (Å²) in [6.45, 7) is 2.00. The average Bonchev–Trinajstić information content (AvgIpc) is 2.74. The third kappa shape index (κ3) is 5.87. The van der Waals surface area contributed by atoms with Gasteiger partial charge in [-0.15, -0.1) is 0 Å². The molecule has 0 unspecified atom stereocenters. The van der Waals surface area contributed by atoms with Crippen molar-refractivity contribution in [3.05, 3.63) is 11.9 Å². The number of hydrogen-bond donors (Lipinski definition) is 1. The number of nitrogens with zero attached hydrogens (tertiary/aromatic N) is 3. The van der Waals surface area contributed by atoms with E-state index in [1.54, 1.807) is 0 Å². The Kier molecular flexibility index (Phi) is 7.98. The summed E-state index contributed by atoms with van der Waals surface area (Å²) in [4.78, 5) is 6.45. The van der Waals surface area contributed by atoms with Crippen molar-refractivity contribution in [2.75, 3.05) is 37.5 Å². The zero-order valence-electron chi connectivity index (χ0n) is 12.8. The van der Waals surface area contributed by atoms with Crippen molar-refractivity contribution in [1.29, 1.82) is 0 Å². The van der Waals surface area contributed by atoms with E-state index in [1.165, 1.54) is 37.1 Å². The number of thioether (sulfide) groups is 1. The lowest BCUT2D eigenvalue weighted by Crippen LogP contribution is -2.19. The zero-order valence-corrected chi connectivity index (χ0v) is 13.6. The van der Waals surface area contributed by atoms with Crippen molar-refractivity contribution < 1.29 is 0 Å². The monoisotopic (exact) mass is 284 g/mol. The molecule has 4 nitrogen and oxygen atoms in total. The lowest BCUT2D eigenvalue weighted by molar-refractivity contribution is 0.587. The molecule has 0 aliphatic carbocycles. The molecule has 0 fully saturated rings. The van der Waals surface area contributed by atoms with Crippen molar-refractivity contribution in [3.8, 4) is 0 Å². The first-order valence-electron chi connectivity index (χ1n) is 7.04. The summed E-state index contributed by atoms with van der Waals surface area (Å²) in [5.74, 6) is 2.31. The third-order valence-electron chi connectivity index (χ3n) is 3.22. The molecule has 1 aromatic rings. The Morgan fingerprint density at radius 2 is 2.00 bits per heavy atom. The third-order valence-corrected chi connectivity index (χ3v) is 3.91. The molecule has 1 heterocycles. The molecule has 0 saturated carbocycles. The normalized spacial score (nSPS) is 10.9. The van der Waals surface area contributed by atoms with Gasteiger partial charge in [0.15, 0.2) is 0 Å². The molecule has 5 heteroatoms. The first-order valence-corrected chi connectivity index (χ1v) is 8.43. The van der Waals surface area contributed by atoms with Gasteiger partial charge in [-0.25, -0.2) is 4.98 Å². The van der Waals surface area contributed by atoms with E-state index < -0.39 is 0 Å². The fraction of sp³-hybridized carbons (Fsp3) is 0.786. The van der Waals surface area contributed by atoms with Crippen molar-refractivity contribution in [1.82, 2.24) is 14.9 Å². The maximum atomic E-state index is 4.41. The van der Waals surface area contributed by atoms with Gasteiger partial charge in [0.1, 0.15) is 0 Å². The van der Waals surface area contributed by atoms with Crippen LogP contribution in [0.4, 0.5) is 5.95 Å². The maximum absolute atomic E-state index is 4.41. The van der Waals surface area contributed by atoms with E-state index in [0.29, 0.717) is 0 Å². The van der Waals surface area contributed by atoms with Gasteiger partial charge in [-0.3, -0.25) is 0 Å². The van der Waals surface area contributed by atoms with E-state index >= 15 is 0 Å². The highest BCUT2D eigenvalue weighted by Crippen LogP contribution is 2.10. The number of imidazole rings is 1. The van der Waals surface area contributed by atoms with E-state index in [9.17, 15) is 0 Å². The second-order valence-electron chi connectivity index (χ2n) is 5.09. The van der Waals surface area contributed by atoms with Gasteiger partial charge in [-0.2, -0.15) is 11.8 Å². The van der Waals surface area contributed by atoms with Crippen molar-refractivity contribution in [3.63, 3.8) is 0 Å². The number of nitrogens with one attached hydrogen (secondary N) is 1. The first kappa shape index (κ1) is 16.4. The fourth-order valence-electron chi connectivity index (χ4n) is 2.08. The summed E-state index contributed by atoms with van der Waals surface area (Å²) in [5.41, 5.74) is 1.24. The Bertz CT molecular complexity index is 349. The molecule has 1 N–H and O–H groups in total. The smallest absolute Gasteiger partial charge is 0.204 e. The Balaban J connectivity index is 2.13. The fourth-order valence-corrected chi connectivity index (χ4v) is 2.57. The lowest BCUT2D eigenvalue weighted by Gasteiger charge is -2.12. The Hall–Kier alpha value is -0.680. The van der Waals surface area contributed by atoms with Gasteiger partial charge in [0.25, 0.3) is 0 Å². The van der Waals surface area contributed by atoms with Crippen LogP contribution in [0, 0.1) is 0 Å². The second-order valence-corrected chi connectivity index (χ2v) is 6.07. The highest BCUT2D eigenvalue weighted by molar-refractivity contribution is 7.98. The van der Waals surface area contributed by atoms with Crippen LogP contribution in [-0.4, -0.2) is 42.2 Å². The van der Waals surface area contributed by atoms with E-state index in [1.807, 2.05) is 37.0 Å². The summed E-state index contributed by atoms with van der Waals surface area (Å²) in [5, 5.41) is 3.50. The van der Waals surface area contributed by atoms with Crippen LogP contribution in [0.15, 0.2) is 6.20 Å². The van der Waals surface area contributed by atoms with Crippen molar-refractivity contribution >= 4 is 17.7 Å². The Labute approximate surface area is 122 Å². The number of aromatic nitrogens is 2. The molecule has 0 radical (unpaired) electrons. The number of rotatable bonds is 10. The molecule has 19 heavy (non-hydrogen) atoms. The van der Waals surface area contributed by atoms with Crippen LogP contribution in [0.25, 0.3) is 0 Å². The van der Waals surface area contributed by atoms with Gasteiger partial charge in [0.2, 0.25) is 5.95 Å². The molecule has 0 aromatic carbocycles. The topological polar surface area (TPSA) is 33.1 Å². The van der Waals surface area contributed by atoms with E-state index in [2.05, 4.69) is 28.2 Å². The van der Waals surface area contributed by atoms with Gasteiger partial charge in [-0.05, 0) is 31.4 Å². The molecule has 0 aliphatic heterocycles. The molecule has 0 spiro atoms. The molecule has 0 saturated heterocycles. The largest absolute Gasteiger partial charge is 0.348 e. The van der Waals surface area contributed by atoms with Crippen LogP contribution >= 0.6 is 11.8 Å². The van der Waals surface area contributed by atoms with Crippen molar-refractivity contribution in [2.45, 2.75) is 32.2 Å². The SMILES string of the molecule is CSCCCCCCNCc1cnc(N(C)C)n1C. The minimum Gasteiger partial charge on any atom is -0.348 e. The number of hydrogen-bond acceptors (Lipinski definition) is 4. The quantitative estimate of drug-likeness (QED) is 0.669. The summed E-state index contributed by atoms with van der Waals surface area (Å²) in [7, 11) is 6.12. The molecule has 110 valence electrons. The Morgan fingerprint density at radius 3 is 2.63 bits per heavy atom. The van der Waals surface area contributed by atoms with E-state index in [0.717, 1.165) is 19.0 Å². The zero-order chi connectivity index (χ0) is 14.1. The predicted molar refractivity (Wildman–Crippen MR) is 86.1 cm³/mol. The van der Waals surface area contributed by atoms with Gasteiger partial charge in [0, 0.05) is 27.7 Å². The summed E-state index contributed by atoms with van der Waals surface area (Å²) < 4.78 is 2.14. The van der Waals surface area contributed by atoms with E-state index in [4.69, 9.17) is 0 Å². The molecule has 0 amide bonds. The number of anilines is 1. The average molecular weight is 284 g/mol. The van der Waals surface area contributed by atoms with E-state index in [-0.39, 0.29) is 0 Å². The molecule has 0 atom stereocenters. The predicted octanol–water partition coefficient (Wildman–Crippen LogP) is 2.50. The summed E-state index contributed by atoms with van der Waals surface area (Å²) in [6.07, 6.45) is 9.46. The minimum absolute atomic E-state index is 0.905. The first-order chi connectivity index (χ1) is 9.16. The molecule has 0 bridgehead atoms. The molecule has 1 aromatic heterocycles. The molecule has 1 rings (SSSR count). The van der Waals surface area contributed by atoms with Crippen LogP contribution in [-0.2, 0) is 13.6 Å². The lowest BCUT2D eigenvalue weighted by atomic mass is 10.2. The maximum Gasteiger partial charge on any atom is 0.204 e. The Morgan fingerprint density at radius 1 is 1.26 bits per heavy atom. The van der Waals surface area contributed by atoms with Crippen LogP contribution in [0.2, 0.25) is 0 Å². The van der Waals surface area contributed by atoms with Gasteiger partial charge in [0.05, 0.1) is 11.9 Å². The van der Waals surface area contributed by atoms with Gasteiger partial charge < -0.3 is 14.8 Å². The molecular formula is C14H28N4S. The highest BCUT2D eigenvalue weighted by Gasteiger charge is 2.06. The minimum atomic E-state index is 0.905. The standard InChI is InChI=1S/C14H28N4S/c1-17(2)14-16-12-13(18(14)3)11-15-9-7-5-6-8-10-19-4/h12,15H,5-11H2,1-4H3. The molecule has 0 aliphatic rings. The number of unbranched alkanes of at least 4 members (excludes halogenated alkanes) is 3. The van der Waals surface area contributed by atoms with Gasteiger partial charge in [-0.1, -0.05) is 12.8 Å².